The first-order valence-electron chi connectivity index (χ1n) is 5.45. The first-order chi connectivity index (χ1) is 8.22. The van der Waals surface area contributed by atoms with E-state index in [0.717, 1.165) is 34.4 Å². The molecular formula is C12H14BrN3O. The standard InChI is InChI=1S/C12H14BrN3O/c1-8-9(4-3-5-10(8)13)12-15-11(16-17-12)6-7-14-2/h3-5,14H,6-7H2,1-2H3. The second kappa shape index (κ2) is 5.42. The summed E-state index contributed by atoms with van der Waals surface area (Å²) in [4.78, 5) is 4.38. The van der Waals surface area contributed by atoms with Crippen LogP contribution in [0, 0.1) is 6.92 Å². The van der Waals surface area contributed by atoms with Crippen molar-refractivity contribution in [3.05, 3.63) is 34.1 Å². The van der Waals surface area contributed by atoms with Gasteiger partial charge in [-0.15, -0.1) is 0 Å². The number of hydrogen-bond donors (Lipinski definition) is 1. The monoisotopic (exact) mass is 295 g/mol. The number of likely N-dealkylation sites (N-methyl/N-ethyl adjacent to an activating group) is 1. The number of rotatable bonds is 4. The third-order valence-corrected chi connectivity index (χ3v) is 3.42. The quantitative estimate of drug-likeness (QED) is 0.942. The molecule has 0 unspecified atom stereocenters. The summed E-state index contributed by atoms with van der Waals surface area (Å²) in [5.41, 5.74) is 2.08. The van der Waals surface area contributed by atoms with Gasteiger partial charge in [0.1, 0.15) is 0 Å². The molecule has 0 aliphatic heterocycles. The van der Waals surface area contributed by atoms with Gasteiger partial charge in [-0.25, -0.2) is 0 Å². The summed E-state index contributed by atoms with van der Waals surface area (Å²) in [6.07, 6.45) is 0.771. The molecule has 4 nitrogen and oxygen atoms in total. The topological polar surface area (TPSA) is 51.0 Å². The van der Waals surface area contributed by atoms with Crippen LogP contribution < -0.4 is 5.32 Å². The summed E-state index contributed by atoms with van der Waals surface area (Å²) in [6, 6.07) is 5.94. The molecule has 17 heavy (non-hydrogen) atoms. The van der Waals surface area contributed by atoms with E-state index in [-0.39, 0.29) is 0 Å². The van der Waals surface area contributed by atoms with Crippen LogP contribution in [0.1, 0.15) is 11.4 Å². The molecule has 0 bridgehead atoms. The molecule has 1 heterocycles. The van der Waals surface area contributed by atoms with Gasteiger partial charge in [-0.3, -0.25) is 0 Å². The Labute approximate surface area is 109 Å². The molecule has 0 saturated heterocycles. The lowest BCUT2D eigenvalue weighted by atomic mass is 10.1. The van der Waals surface area contributed by atoms with Gasteiger partial charge in [0.2, 0.25) is 0 Å². The van der Waals surface area contributed by atoms with Gasteiger partial charge in [-0.1, -0.05) is 27.2 Å². The molecule has 0 radical (unpaired) electrons. The maximum atomic E-state index is 5.27. The molecule has 0 aliphatic carbocycles. The van der Waals surface area contributed by atoms with Crippen molar-refractivity contribution in [1.82, 2.24) is 15.5 Å². The molecule has 0 aliphatic rings. The Morgan fingerprint density at radius 1 is 1.41 bits per heavy atom. The van der Waals surface area contributed by atoms with Crippen LogP contribution in [-0.2, 0) is 6.42 Å². The Kier molecular flexibility index (Phi) is 3.91. The van der Waals surface area contributed by atoms with E-state index >= 15 is 0 Å². The SMILES string of the molecule is CNCCc1noc(-c2cccc(Br)c2C)n1. The van der Waals surface area contributed by atoms with Crippen LogP contribution in [0.3, 0.4) is 0 Å². The smallest absolute Gasteiger partial charge is 0.258 e. The lowest BCUT2D eigenvalue weighted by molar-refractivity contribution is 0.422. The Morgan fingerprint density at radius 2 is 2.24 bits per heavy atom. The van der Waals surface area contributed by atoms with Crippen LogP contribution in [-0.4, -0.2) is 23.7 Å². The third kappa shape index (κ3) is 2.73. The van der Waals surface area contributed by atoms with E-state index in [4.69, 9.17) is 4.52 Å². The fourth-order valence-corrected chi connectivity index (χ4v) is 1.91. The number of aromatic nitrogens is 2. The highest BCUT2D eigenvalue weighted by molar-refractivity contribution is 9.10. The largest absolute Gasteiger partial charge is 0.334 e. The average molecular weight is 296 g/mol. The third-order valence-electron chi connectivity index (χ3n) is 2.56. The number of nitrogens with one attached hydrogen (secondary N) is 1. The summed E-state index contributed by atoms with van der Waals surface area (Å²) in [6.45, 7) is 2.87. The summed E-state index contributed by atoms with van der Waals surface area (Å²) < 4.78 is 6.32. The second-order valence-electron chi connectivity index (χ2n) is 3.78. The molecule has 0 fully saturated rings. The van der Waals surface area contributed by atoms with Crippen molar-refractivity contribution >= 4 is 15.9 Å². The molecule has 1 N–H and O–H groups in total. The van der Waals surface area contributed by atoms with E-state index in [1.54, 1.807) is 0 Å². The fourth-order valence-electron chi connectivity index (χ4n) is 1.54. The fraction of sp³-hybridized carbons (Fsp3) is 0.333. The molecule has 1 aromatic heterocycles. The zero-order valence-electron chi connectivity index (χ0n) is 9.83. The van der Waals surface area contributed by atoms with Gasteiger partial charge in [-0.2, -0.15) is 4.98 Å². The molecular weight excluding hydrogens is 282 g/mol. The summed E-state index contributed by atoms with van der Waals surface area (Å²) >= 11 is 3.49. The molecule has 2 aromatic rings. The first-order valence-corrected chi connectivity index (χ1v) is 6.24. The number of benzene rings is 1. The summed E-state index contributed by atoms with van der Waals surface area (Å²) in [7, 11) is 1.90. The van der Waals surface area contributed by atoms with Crippen LogP contribution in [0.15, 0.2) is 27.2 Å². The molecule has 1 aromatic carbocycles. The zero-order chi connectivity index (χ0) is 12.3. The Hall–Kier alpha value is -1.20. The lowest BCUT2D eigenvalue weighted by Crippen LogP contribution is -2.11. The zero-order valence-corrected chi connectivity index (χ0v) is 11.4. The highest BCUT2D eigenvalue weighted by atomic mass is 79.9. The van der Waals surface area contributed by atoms with Crippen LogP contribution in [0.2, 0.25) is 0 Å². The van der Waals surface area contributed by atoms with Gasteiger partial charge in [0.25, 0.3) is 5.89 Å². The van der Waals surface area contributed by atoms with Crippen molar-refractivity contribution in [2.45, 2.75) is 13.3 Å². The van der Waals surface area contributed by atoms with Gasteiger partial charge in [0.05, 0.1) is 0 Å². The molecule has 0 atom stereocenters. The van der Waals surface area contributed by atoms with E-state index < -0.39 is 0 Å². The summed E-state index contributed by atoms with van der Waals surface area (Å²) in [5, 5.41) is 7.02. The molecule has 2 rings (SSSR count). The van der Waals surface area contributed by atoms with E-state index in [9.17, 15) is 0 Å². The molecule has 5 heteroatoms. The predicted octanol–water partition coefficient (Wildman–Crippen LogP) is 2.57. The van der Waals surface area contributed by atoms with Crippen LogP contribution >= 0.6 is 15.9 Å². The van der Waals surface area contributed by atoms with Crippen molar-refractivity contribution in [1.29, 1.82) is 0 Å². The van der Waals surface area contributed by atoms with Gasteiger partial charge < -0.3 is 9.84 Å². The van der Waals surface area contributed by atoms with Crippen molar-refractivity contribution in [2.24, 2.45) is 0 Å². The van der Waals surface area contributed by atoms with Crippen LogP contribution in [0.5, 0.6) is 0 Å². The first kappa shape index (κ1) is 12.3. The van der Waals surface area contributed by atoms with Gasteiger partial charge in [0, 0.05) is 23.0 Å². The average Bonchev–Trinajstić information content (AvgIpc) is 2.78. The van der Waals surface area contributed by atoms with E-state index in [1.165, 1.54) is 0 Å². The minimum absolute atomic E-state index is 0.579. The van der Waals surface area contributed by atoms with Crippen LogP contribution in [0.4, 0.5) is 0 Å². The van der Waals surface area contributed by atoms with Gasteiger partial charge in [-0.05, 0) is 31.7 Å². The lowest BCUT2D eigenvalue weighted by Gasteiger charge is -2.01. The van der Waals surface area contributed by atoms with E-state index in [1.807, 2.05) is 32.2 Å². The minimum Gasteiger partial charge on any atom is -0.334 e. The van der Waals surface area contributed by atoms with Crippen molar-refractivity contribution in [2.75, 3.05) is 13.6 Å². The van der Waals surface area contributed by atoms with Crippen LogP contribution in [0.25, 0.3) is 11.5 Å². The maximum Gasteiger partial charge on any atom is 0.258 e. The number of halogens is 1. The Bertz CT molecular complexity index is 510. The van der Waals surface area contributed by atoms with Gasteiger partial charge >= 0.3 is 0 Å². The molecule has 90 valence electrons. The van der Waals surface area contributed by atoms with Crippen molar-refractivity contribution < 1.29 is 4.52 Å². The molecule has 0 spiro atoms. The Balaban J connectivity index is 2.27. The normalized spacial score (nSPS) is 10.8. The molecule has 0 saturated carbocycles. The van der Waals surface area contributed by atoms with E-state index in [2.05, 4.69) is 31.4 Å². The maximum absolute atomic E-state index is 5.27. The number of nitrogens with zero attached hydrogens (tertiary/aromatic N) is 2. The summed E-state index contributed by atoms with van der Waals surface area (Å²) in [5.74, 6) is 1.31. The minimum atomic E-state index is 0.579. The second-order valence-corrected chi connectivity index (χ2v) is 4.64. The van der Waals surface area contributed by atoms with Crippen molar-refractivity contribution in [3.63, 3.8) is 0 Å². The van der Waals surface area contributed by atoms with Gasteiger partial charge in [0.15, 0.2) is 5.82 Å². The van der Waals surface area contributed by atoms with E-state index in [0.29, 0.717) is 5.89 Å². The van der Waals surface area contributed by atoms with Crippen molar-refractivity contribution in [3.8, 4) is 11.5 Å². The highest BCUT2D eigenvalue weighted by Gasteiger charge is 2.11. The Morgan fingerprint density at radius 3 is 3.00 bits per heavy atom. The number of hydrogen-bond acceptors (Lipinski definition) is 4. The highest BCUT2D eigenvalue weighted by Crippen LogP contribution is 2.27. The predicted molar refractivity (Wildman–Crippen MR) is 69.8 cm³/mol. The molecule has 0 amide bonds.